The Morgan fingerprint density at radius 1 is 1.18 bits per heavy atom. The van der Waals surface area contributed by atoms with Crippen LogP contribution in [0, 0.1) is 6.92 Å². The third-order valence-electron chi connectivity index (χ3n) is 3.57. The predicted molar refractivity (Wildman–Crippen MR) is 107 cm³/mol. The number of amides is 1. The van der Waals surface area contributed by atoms with Crippen molar-refractivity contribution in [2.24, 2.45) is 0 Å². The average molecular weight is 483 g/mol. The smallest absolute Gasteiger partial charge is 0.257 e. The Kier molecular flexibility index (Phi) is 6.44. The molecular weight excluding hydrogens is 468 g/mol. The van der Waals surface area contributed by atoms with Crippen LogP contribution in [0.4, 0.5) is 0 Å². The van der Waals surface area contributed by atoms with Gasteiger partial charge in [0.25, 0.3) is 10.0 Å². The second kappa shape index (κ2) is 8.82. The highest BCUT2D eigenvalue weighted by atomic mass is 79.9. The van der Waals surface area contributed by atoms with Crippen LogP contribution in [0.5, 0.6) is 0 Å². The number of benzene rings is 2. The van der Waals surface area contributed by atoms with Gasteiger partial charge in [0.05, 0.1) is 16.3 Å². The van der Waals surface area contributed by atoms with Gasteiger partial charge in [-0.3, -0.25) is 10.2 Å². The van der Waals surface area contributed by atoms with Crippen LogP contribution >= 0.6 is 27.7 Å². The summed E-state index contributed by atoms with van der Waals surface area (Å²) < 4.78 is 26.6. The molecule has 0 aliphatic carbocycles. The van der Waals surface area contributed by atoms with Crippen LogP contribution in [0.25, 0.3) is 5.69 Å². The van der Waals surface area contributed by atoms with Crippen LogP contribution in [0.1, 0.15) is 5.56 Å². The van der Waals surface area contributed by atoms with Gasteiger partial charge in [-0.05, 0) is 53.2 Å². The Morgan fingerprint density at radius 3 is 2.61 bits per heavy atom. The van der Waals surface area contributed by atoms with Crippen molar-refractivity contribution in [3.05, 3.63) is 58.6 Å². The van der Waals surface area contributed by atoms with Crippen molar-refractivity contribution in [1.29, 1.82) is 0 Å². The van der Waals surface area contributed by atoms with Crippen LogP contribution in [0.3, 0.4) is 0 Å². The number of halogens is 1. The van der Waals surface area contributed by atoms with Crippen LogP contribution in [0.2, 0.25) is 0 Å². The summed E-state index contributed by atoms with van der Waals surface area (Å²) >= 11 is 4.32. The van der Waals surface area contributed by atoms with Gasteiger partial charge in [0.15, 0.2) is 0 Å². The van der Waals surface area contributed by atoms with E-state index in [0.29, 0.717) is 5.16 Å². The van der Waals surface area contributed by atoms with Crippen molar-refractivity contribution in [1.82, 2.24) is 30.5 Å². The lowest BCUT2D eigenvalue weighted by molar-refractivity contribution is -0.119. The molecule has 28 heavy (non-hydrogen) atoms. The van der Waals surface area contributed by atoms with Gasteiger partial charge in [-0.1, -0.05) is 45.9 Å². The molecule has 146 valence electrons. The third-order valence-corrected chi connectivity index (χ3v) is 6.28. The van der Waals surface area contributed by atoms with E-state index in [1.54, 1.807) is 12.1 Å². The lowest BCUT2D eigenvalue weighted by Gasteiger charge is -2.09. The minimum absolute atomic E-state index is 0.0344. The number of thioether (sulfide) groups is 1. The van der Waals surface area contributed by atoms with Gasteiger partial charge in [0, 0.05) is 4.47 Å². The van der Waals surface area contributed by atoms with Crippen molar-refractivity contribution >= 4 is 43.6 Å². The number of hydrogen-bond donors (Lipinski definition) is 2. The Hall–Kier alpha value is -2.28. The number of carbonyl (C=O) groups is 1. The highest BCUT2D eigenvalue weighted by Crippen LogP contribution is 2.20. The molecule has 0 fully saturated rings. The summed E-state index contributed by atoms with van der Waals surface area (Å²) in [7, 11) is -3.86. The molecule has 1 aromatic heterocycles. The van der Waals surface area contributed by atoms with Crippen molar-refractivity contribution in [3.63, 3.8) is 0 Å². The zero-order chi connectivity index (χ0) is 20.1. The fourth-order valence-electron chi connectivity index (χ4n) is 2.18. The number of sulfonamides is 1. The number of para-hydroxylation sites is 1. The molecule has 0 spiro atoms. The molecule has 0 atom stereocenters. The van der Waals surface area contributed by atoms with E-state index in [1.807, 2.05) is 31.2 Å². The third kappa shape index (κ3) is 4.95. The number of hydrazine groups is 1. The number of carbonyl (C=O) groups excluding carboxylic acids is 1. The summed E-state index contributed by atoms with van der Waals surface area (Å²) in [6.45, 7) is 1.93. The second-order valence-corrected chi connectivity index (χ2v) is 9.10. The number of aromatic nitrogens is 4. The van der Waals surface area contributed by atoms with Gasteiger partial charge < -0.3 is 0 Å². The lowest BCUT2D eigenvalue weighted by atomic mass is 10.2. The summed E-state index contributed by atoms with van der Waals surface area (Å²) in [6, 6.07) is 13.6. The van der Waals surface area contributed by atoms with E-state index < -0.39 is 15.9 Å². The first kappa shape index (κ1) is 20.5. The molecule has 2 N–H and O–H groups in total. The van der Waals surface area contributed by atoms with E-state index >= 15 is 0 Å². The molecule has 1 amide bonds. The Labute approximate surface area is 174 Å². The molecule has 3 rings (SSSR count). The zero-order valence-corrected chi connectivity index (χ0v) is 17.8. The van der Waals surface area contributed by atoms with E-state index in [1.165, 1.54) is 16.8 Å². The fourth-order valence-corrected chi connectivity index (χ4v) is 3.99. The molecular formula is C16H15BrN6O3S2. The molecule has 1 heterocycles. The summed E-state index contributed by atoms with van der Waals surface area (Å²) in [4.78, 5) is 14.1. The monoisotopic (exact) mass is 482 g/mol. The van der Waals surface area contributed by atoms with Gasteiger partial charge in [-0.15, -0.1) is 9.93 Å². The maximum atomic E-state index is 12.2. The normalized spacial score (nSPS) is 11.4. The topological polar surface area (TPSA) is 119 Å². The van der Waals surface area contributed by atoms with Crippen molar-refractivity contribution in [2.45, 2.75) is 17.0 Å². The second-order valence-electron chi connectivity index (χ2n) is 5.56. The zero-order valence-electron chi connectivity index (χ0n) is 14.5. The Morgan fingerprint density at radius 2 is 1.89 bits per heavy atom. The Balaban J connectivity index is 1.59. The van der Waals surface area contributed by atoms with Gasteiger partial charge in [0.1, 0.15) is 0 Å². The molecule has 0 saturated heterocycles. The number of aryl methyl sites for hydroxylation is 1. The van der Waals surface area contributed by atoms with E-state index in [4.69, 9.17) is 0 Å². The largest absolute Gasteiger partial charge is 0.277 e. The highest BCUT2D eigenvalue weighted by molar-refractivity contribution is 9.10. The van der Waals surface area contributed by atoms with Crippen LogP contribution in [0.15, 0.2) is 63.1 Å². The molecule has 0 unspecified atom stereocenters. The molecule has 0 bridgehead atoms. The molecule has 9 nitrogen and oxygen atoms in total. The number of nitrogens with zero attached hydrogens (tertiary/aromatic N) is 4. The summed E-state index contributed by atoms with van der Waals surface area (Å²) in [5.41, 5.74) is 3.95. The minimum atomic E-state index is -3.86. The quantitative estimate of drug-likeness (QED) is 0.389. The average Bonchev–Trinajstić information content (AvgIpc) is 3.14. The number of nitrogens with one attached hydrogen (secondary N) is 2. The lowest BCUT2D eigenvalue weighted by Crippen LogP contribution is -2.42. The van der Waals surface area contributed by atoms with Gasteiger partial charge >= 0.3 is 0 Å². The molecule has 12 heteroatoms. The van der Waals surface area contributed by atoms with E-state index in [-0.39, 0.29) is 10.6 Å². The van der Waals surface area contributed by atoms with Crippen molar-refractivity contribution < 1.29 is 13.2 Å². The number of tetrazole rings is 1. The molecule has 3 aromatic rings. The SMILES string of the molecule is Cc1ccccc1-n1nnnc1SCC(=O)NNS(=O)(=O)c1ccc(Br)cc1. The van der Waals surface area contributed by atoms with Crippen molar-refractivity contribution in [3.8, 4) is 5.69 Å². The first-order valence-electron chi connectivity index (χ1n) is 7.90. The maximum Gasteiger partial charge on any atom is 0.257 e. The van der Waals surface area contributed by atoms with Gasteiger partial charge in [-0.25, -0.2) is 8.42 Å². The van der Waals surface area contributed by atoms with Crippen LogP contribution in [-0.4, -0.2) is 40.3 Å². The standard InChI is InChI=1S/C16H15BrN6O3S2/c1-11-4-2-3-5-14(11)23-16(19-20-21-23)27-10-15(24)18-22-28(25,26)13-8-6-12(17)7-9-13/h2-9,22H,10H2,1H3,(H,18,24). The van der Waals surface area contributed by atoms with Gasteiger partial charge in [0.2, 0.25) is 11.1 Å². The summed E-state index contributed by atoms with van der Waals surface area (Å²) in [5, 5.41) is 11.9. The first-order chi connectivity index (χ1) is 13.4. The Bertz CT molecular complexity index is 1090. The fraction of sp³-hybridized carbons (Fsp3) is 0.125. The van der Waals surface area contributed by atoms with Crippen molar-refractivity contribution in [2.75, 3.05) is 5.75 Å². The molecule has 0 aliphatic heterocycles. The van der Waals surface area contributed by atoms with Crippen LogP contribution < -0.4 is 10.3 Å². The molecule has 0 aliphatic rings. The maximum absolute atomic E-state index is 12.2. The molecule has 0 saturated carbocycles. The van der Waals surface area contributed by atoms with Gasteiger partial charge in [-0.2, -0.15) is 4.68 Å². The summed E-state index contributed by atoms with van der Waals surface area (Å²) in [6.07, 6.45) is 0. The highest BCUT2D eigenvalue weighted by Gasteiger charge is 2.16. The van der Waals surface area contributed by atoms with Crippen LogP contribution in [-0.2, 0) is 14.8 Å². The van der Waals surface area contributed by atoms with E-state index in [0.717, 1.165) is 27.5 Å². The minimum Gasteiger partial charge on any atom is -0.277 e. The molecule has 2 aromatic carbocycles. The summed E-state index contributed by atoms with van der Waals surface area (Å²) in [5.74, 6) is -0.611. The first-order valence-corrected chi connectivity index (χ1v) is 11.2. The number of hydrogen-bond acceptors (Lipinski definition) is 7. The number of rotatable bonds is 7. The molecule has 0 radical (unpaired) electrons. The van der Waals surface area contributed by atoms with E-state index in [9.17, 15) is 13.2 Å². The predicted octanol–water partition coefficient (Wildman–Crippen LogP) is 1.84. The van der Waals surface area contributed by atoms with E-state index in [2.05, 4.69) is 41.7 Å².